The minimum Gasteiger partial charge on any atom is -0.493 e. The molecule has 0 aromatic heterocycles. The lowest BCUT2D eigenvalue weighted by Crippen LogP contribution is -2.01. The van der Waals surface area contributed by atoms with E-state index in [1.165, 1.54) is 3.57 Å². The van der Waals surface area contributed by atoms with Crippen LogP contribution in [-0.4, -0.2) is 13.3 Å². The maximum absolute atomic E-state index is 9.12. The molecule has 7 heteroatoms. The zero-order valence-electron chi connectivity index (χ0n) is 16.1. The van der Waals surface area contributed by atoms with Crippen molar-refractivity contribution in [3.8, 4) is 17.6 Å². The van der Waals surface area contributed by atoms with Crippen LogP contribution in [0.2, 0.25) is 0 Å². The quantitative estimate of drug-likeness (QED) is 0.178. The Balaban J connectivity index is 1.66. The van der Waals surface area contributed by atoms with Gasteiger partial charge in [-0.2, -0.15) is 5.26 Å². The summed E-state index contributed by atoms with van der Waals surface area (Å²) >= 11 is 4.50. The van der Waals surface area contributed by atoms with Crippen molar-refractivity contribution in [2.45, 2.75) is 13.2 Å². The molecule has 0 N–H and O–H groups in total. The molecule has 0 saturated carbocycles. The fourth-order valence-corrected chi connectivity index (χ4v) is 3.79. The maximum atomic E-state index is 9.12. The number of rotatable bonds is 8. The molecule has 3 aromatic rings. The Kier molecular flexibility index (Phi) is 8.33. The fraction of sp³-hybridized carbons (Fsp3) is 0.130. The molecule has 0 heterocycles. The summed E-state index contributed by atoms with van der Waals surface area (Å²) in [5, 5.41) is 13.2. The van der Waals surface area contributed by atoms with Crippen molar-refractivity contribution < 1.29 is 14.3 Å². The molecule has 0 fully saturated rings. The molecule has 3 aromatic carbocycles. The zero-order valence-corrected chi connectivity index (χ0v) is 20.5. The lowest BCUT2D eigenvalue weighted by atomic mass is 10.1. The average Bonchev–Trinajstić information content (AvgIpc) is 2.77. The molecule has 3 rings (SSSR count). The van der Waals surface area contributed by atoms with Gasteiger partial charge in [-0.3, -0.25) is 0 Å². The number of halogens is 2. The third-order valence-electron chi connectivity index (χ3n) is 4.18. The molecule has 0 amide bonds. The maximum Gasteiger partial charge on any atom is 0.174 e. The first kappa shape index (κ1) is 22.4. The molecular formula is C23H18I2N2O3. The monoisotopic (exact) mass is 624 g/mol. The molecule has 30 heavy (non-hydrogen) atoms. The fourth-order valence-electron chi connectivity index (χ4n) is 2.65. The second-order valence-corrected chi connectivity index (χ2v) is 8.63. The van der Waals surface area contributed by atoms with Crippen molar-refractivity contribution in [2.24, 2.45) is 5.16 Å². The van der Waals surface area contributed by atoms with Crippen molar-refractivity contribution in [2.75, 3.05) is 7.11 Å². The minimum absolute atomic E-state index is 0.228. The SMILES string of the molecule is COc1cc(/C=N\OCc2ccccc2C#N)cc(I)c1OCc1ccc(I)cc1. The van der Waals surface area contributed by atoms with E-state index < -0.39 is 0 Å². The highest BCUT2D eigenvalue weighted by Crippen LogP contribution is 2.34. The molecule has 0 radical (unpaired) electrons. The molecule has 0 aliphatic rings. The zero-order chi connectivity index (χ0) is 21.3. The van der Waals surface area contributed by atoms with E-state index >= 15 is 0 Å². The van der Waals surface area contributed by atoms with Gasteiger partial charge in [-0.25, -0.2) is 0 Å². The average molecular weight is 624 g/mol. The number of methoxy groups -OCH3 is 1. The van der Waals surface area contributed by atoms with Gasteiger partial charge in [0.15, 0.2) is 11.5 Å². The Hall–Kier alpha value is -2.32. The lowest BCUT2D eigenvalue weighted by molar-refractivity contribution is 0.132. The Bertz CT molecular complexity index is 1080. The summed E-state index contributed by atoms with van der Waals surface area (Å²) in [5.74, 6) is 1.32. The van der Waals surface area contributed by atoms with Gasteiger partial charge in [0.1, 0.15) is 13.2 Å². The van der Waals surface area contributed by atoms with Crippen molar-refractivity contribution in [1.82, 2.24) is 0 Å². The van der Waals surface area contributed by atoms with Gasteiger partial charge in [0.25, 0.3) is 0 Å². The molecular weight excluding hydrogens is 606 g/mol. The van der Waals surface area contributed by atoms with Crippen LogP contribution < -0.4 is 9.47 Å². The van der Waals surface area contributed by atoms with Crippen LogP contribution in [0.3, 0.4) is 0 Å². The van der Waals surface area contributed by atoms with E-state index in [-0.39, 0.29) is 6.61 Å². The summed E-state index contributed by atoms with van der Waals surface area (Å²) in [5.41, 5.74) is 3.29. The molecule has 0 spiro atoms. The highest BCUT2D eigenvalue weighted by Gasteiger charge is 2.11. The van der Waals surface area contributed by atoms with Gasteiger partial charge >= 0.3 is 0 Å². The second kappa shape index (κ2) is 11.2. The largest absolute Gasteiger partial charge is 0.493 e. The molecule has 0 bridgehead atoms. The van der Waals surface area contributed by atoms with Gasteiger partial charge in [-0.15, -0.1) is 0 Å². The first-order chi connectivity index (χ1) is 14.6. The van der Waals surface area contributed by atoms with Gasteiger partial charge in [-0.1, -0.05) is 35.5 Å². The van der Waals surface area contributed by atoms with E-state index in [9.17, 15) is 0 Å². The van der Waals surface area contributed by atoms with Crippen molar-refractivity contribution >= 4 is 51.4 Å². The van der Waals surface area contributed by atoms with Crippen molar-refractivity contribution in [3.05, 3.63) is 90.1 Å². The number of nitriles is 1. The molecule has 0 atom stereocenters. The van der Waals surface area contributed by atoms with E-state index in [2.05, 4.69) is 68.5 Å². The molecule has 5 nitrogen and oxygen atoms in total. The van der Waals surface area contributed by atoms with Crippen molar-refractivity contribution in [1.29, 1.82) is 5.26 Å². The van der Waals surface area contributed by atoms with E-state index in [1.807, 2.05) is 42.5 Å². The van der Waals surface area contributed by atoms with E-state index in [1.54, 1.807) is 19.4 Å². The van der Waals surface area contributed by atoms with Crippen LogP contribution in [0, 0.1) is 18.5 Å². The van der Waals surface area contributed by atoms with Crippen LogP contribution in [0.15, 0.2) is 65.8 Å². The van der Waals surface area contributed by atoms with Crippen LogP contribution in [0.5, 0.6) is 11.5 Å². The lowest BCUT2D eigenvalue weighted by Gasteiger charge is -2.13. The first-order valence-electron chi connectivity index (χ1n) is 8.99. The Morgan fingerprint density at radius 1 is 1.03 bits per heavy atom. The molecule has 0 saturated heterocycles. The van der Waals surface area contributed by atoms with Crippen LogP contribution in [0.25, 0.3) is 0 Å². The normalized spacial score (nSPS) is 10.6. The van der Waals surface area contributed by atoms with E-state index in [0.717, 1.165) is 20.3 Å². The summed E-state index contributed by atoms with van der Waals surface area (Å²) in [4.78, 5) is 5.37. The van der Waals surface area contributed by atoms with E-state index in [4.69, 9.17) is 19.6 Å². The predicted octanol–water partition coefficient (Wildman–Crippen LogP) is 5.91. The molecule has 0 aliphatic heterocycles. The van der Waals surface area contributed by atoms with Crippen LogP contribution in [-0.2, 0) is 18.1 Å². The summed E-state index contributed by atoms with van der Waals surface area (Å²) in [6.45, 7) is 0.684. The molecule has 152 valence electrons. The van der Waals surface area contributed by atoms with Gasteiger partial charge < -0.3 is 14.3 Å². The third-order valence-corrected chi connectivity index (χ3v) is 5.70. The number of benzene rings is 3. The molecule has 0 unspecified atom stereocenters. The minimum atomic E-state index is 0.228. The van der Waals surface area contributed by atoms with E-state index in [0.29, 0.717) is 23.7 Å². The highest BCUT2D eigenvalue weighted by molar-refractivity contribution is 14.1. The van der Waals surface area contributed by atoms with Crippen molar-refractivity contribution in [3.63, 3.8) is 0 Å². The first-order valence-corrected chi connectivity index (χ1v) is 11.1. The highest BCUT2D eigenvalue weighted by atomic mass is 127. The van der Waals surface area contributed by atoms with Crippen LogP contribution >= 0.6 is 45.2 Å². The summed E-state index contributed by atoms with van der Waals surface area (Å²) in [6, 6.07) is 21.4. The molecule has 0 aliphatic carbocycles. The van der Waals surface area contributed by atoms with Crippen LogP contribution in [0.4, 0.5) is 0 Å². The standard InChI is InChI=1S/C23H18I2N2O3/c1-28-22-11-17(13-27-30-15-19-5-3-2-4-18(19)12-26)10-21(25)23(22)29-14-16-6-8-20(24)9-7-16/h2-11,13H,14-15H2,1H3/b27-13-. The topological polar surface area (TPSA) is 63.8 Å². The summed E-state index contributed by atoms with van der Waals surface area (Å²) in [6.07, 6.45) is 1.61. The Morgan fingerprint density at radius 3 is 2.53 bits per heavy atom. The summed E-state index contributed by atoms with van der Waals surface area (Å²) < 4.78 is 13.6. The van der Waals surface area contributed by atoms with Gasteiger partial charge in [0, 0.05) is 14.7 Å². The third kappa shape index (κ3) is 6.09. The number of oxime groups is 1. The Morgan fingerprint density at radius 2 is 1.80 bits per heavy atom. The van der Waals surface area contributed by atoms with Gasteiger partial charge in [0.05, 0.1) is 28.5 Å². The number of nitrogens with zero attached hydrogens (tertiary/aromatic N) is 2. The van der Waals surface area contributed by atoms with Gasteiger partial charge in [-0.05, 0) is 81.1 Å². The van der Waals surface area contributed by atoms with Crippen LogP contribution in [0.1, 0.15) is 22.3 Å². The Labute approximate surface area is 202 Å². The smallest absolute Gasteiger partial charge is 0.174 e. The number of hydrogen-bond donors (Lipinski definition) is 0. The number of hydrogen-bond acceptors (Lipinski definition) is 5. The summed E-state index contributed by atoms with van der Waals surface area (Å²) in [7, 11) is 1.61. The predicted molar refractivity (Wildman–Crippen MR) is 133 cm³/mol. The van der Waals surface area contributed by atoms with Gasteiger partial charge in [0.2, 0.25) is 0 Å². The number of ether oxygens (including phenoxy) is 2. The second-order valence-electron chi connectivity index (χ2n) is 6.23.